The van der Waals surface area contributed by atoms with E-state index < -0.39 is 0 Å². The van der Waals surface area contributed by atoms with Crippen molar-refractivity contribution in [2.24, 2.45) is 0 Å². The third kappa shape index (κ3) is 3.93. The van der Waals surface area contributed by atoms with Crippen molar-refractivity contribution in [2.75, 3.05) is 6.61 Å². The maximum Gasteiger partial charge on any atom is 0.231 e. The van der Waals surface area contributed by atoms with E-state index in [0.29, 0.717) is 33.2 Å². The fraction of sp³-hybridized carbons (Fsp3) is 0.0833. The van der Waals surface area contributed by atoms with E-state index in [2.05, 4.69) is 0 Å². The van der Waals surface area contributed by atoms with Gasteiger partial charge in [-0.2, -0.15) is 0 Å². The molecular weight excluding hydrogens is 388 g/mol. The summed E-state index contributed by atoms with van der Waals surface area (Å²) in [5, 5.41) is 0.581. The molecular formula is C24H17ClO4. The molecule has 4 rings (SSSR count). The van der Waals surface area contributed by atoms with Gasteiger partial charge in [0.05, 0.1) is 5.56 Å². The highest BCUT2D eigenvalue weighted by Gasteiger charge is 2.30. The van der Waals surface area contributed by atoms with E-state index in [9.17, 15) is 9.59 Å². The monoisotopic (exact) mass is 404 g/mol. The Bertz CT molecular complexity index is 1130. The van der Waals surface area contributed by atoms with Crippen LogP contribution in [0.5, 0.6) is 11.5 Å². The number of allylic oxidation sites excluding steroid dienone is 1. The SMILES string of the molecule is Cc1c(OCC(=O)c2ccccc2)ccc2c1O/C(=C\c1cccc(Cl)c1)C2=O. The molecule has 0 aromatic heterocycles. The first-order valence-corrected chi connectivity index (χ1v) is 9.45. The molecule has 0 amide bonds. The summed E-state index contributed by atoms with van der Waals surface area (Å²) in [5.41, 5.74) is 2.50. The Hall–Kier alpha value is -3.37. The molecule has 0 N–H and O–H groups in total. The number of carbonyl (C=O) groups excluding carboxylic acids is 2. The number of hydrogen-bond donors (Lipinski definition) is 0. The summed E-state index contributed by atoms with van der Waals surface area (Å²) < 4.78 is 11.5. The van der Waals surface area contributed by atoms with Gasteiger partial charge in [0.1, 0.15) is 11.5 Å². The second-order valence-electron chi connectivity index (χ2n) is 6.64. The van der Waals surface area contributed by atoms with Gasteiger partial charge in [0.25, 0.3) is 0 Å². The molecule has 1 heterocycles. The maximum absolute atomic E-state index is 12.7. The van der Waals surface area contributed by atoms with Gasteiger partial charge in [-0.25, -0.2) is 0 Å². The van der Waals surface area contributed by atoms with Gasteiger partial charge in [-0.1, -0.05) is 54.1 Å². The highest BCUT2D eigenvalue weighted by molar-refractivity contribution is 6.30. The van der Waals surface area contributed by atoms with Crippen LogP contribution in [-0.2, 0) is 0 Å². The molecule has 0 unspecified atom stereocenters. The average Bonchev–Trinajstić information content (AvgIpc) is 3.04. The van der Waals surface area contributed by atoms with Crippen LogP contribution in [0.4, 0.5) is 0 Å². The lowest BCUT2D eigenvalue weighted by atomic mass is 10.1. The molecule has 5 heteroatoms. The van der Waals surface area contributed by atoms with E-state index in [1.54, 1.807) is 61.5 Å². The molecule has 3 aromatic rings. The Morgan fingerprint density at radius 3 is 2.62 bits per heavy atom. The largest absolute Gasteiger partial charge is 0.485 e. The molecule has 4 nitrogen and oxygen atoms in total. The molecule has 0 atom stereocenters. The minimum Gasteiger partial charge on any atom is -0.485 e. The van der Waals surface area contributed by atoms with E-state index in [0.717, 1.165) is 5.56 Å². The van der Waals surface area contributed by atoms with Crippen LogP contribution in [-0.4, -0.2) is 18.2 Å². The summed E-state index contributed by atoms with van der Waals surface area (Å²) in [5.74, 6) is 0.861. The van der Waals surface area contributed by atoms with Gasteiger partial charge >= 0.3 is 0 Å². The molecule has 0 fully saturated rings. The molecule has 3 aromatic carbocycles. The van der Waals surface area contributed by atoms with Crippen LogP contribution in [0.15, 0.2) is 72.5 Å². The maximum atomic E-state index is 12.7. The molecule has 0 bridgehead atoms. The minimum atomic E-state index is -0.199. The van der Waals surface area contributed by atoms with E-state index >= 15 is 0 Å². The minimum absolute atomic E-state index is 0.0944. The molecule has 144 valence electrons. The molecule has 0 saturated heterocycles. The van der Waals surface area contributed by atoms with E-state index in [1.165, 1.54) is 0 Å². The van der Waals surface area contributed by atoms with Gasteiger partial charge in [0, 0.05) is 16.1 Å². The quantitative estimate of drug-likeness (QED) is 0.414. The first kappa shape index (κ1) is 19.0. The van der Waals surface area contributed by atoms with Crippen molar-refractivity contribution in [1.29, 1.82) is 0 Å². The number of Topliss-reactive ketones (excluding diaryl/α,β-unsaturated/α-hetero) is 2. The van der Waals surface area contributed by atoms with E-state index in [-0.39, 0.29) is 23.9 Å². The summed E-state index contributed by atoms with van der Waals surface area (Å²) in [6.45, 7) is 1.71. The van der Waals surface area contributed by atoms with Crippen molar-refractivity contribution in [3.8, 4) is 11.5 Å². The molecule has 0 saturated carbocycles. The van der Waals surface area contributed by atoms with Gasteiger partial charge in [-0.3, -0.25) is 9.59 Å². The van der Waals surface area contributed by atoms with Crippen molar-refractivity contribution in [1.82, 2.24) is 0 Å². The zero-order valence-electron chi connectivity index (χ0n) is 15.6. The second-order valence-corrected chi connectivity index (χ2v) is 7.07. The standard InChI is InChI=1S/C24H17ClO4/c1-15-21(28-14-20(26)17-7-3-2-4-8-17)11-10-19-23(27)22(29-24(15)19)13-16-6-5-9-18(25)12-16/h2-13H,14H2,1H3/b22-13-. The molecule has 29 heavy (non-hydrogen) atoms. The predicted molar refractivity (Wildman–Crippen MR) is 112 cm³/mol. The number of hydrogen-bond acceptors (Lipinski definition) is 4. The summed E-state index contributed by atoms with van der Waals surface area (Å²) in [6.07, 6.45) is 1.66. The number of rotatable bonds is 5. The molecule has 0 aliphatic carbocycles. The van der Waals surface area contributed by atoms with Gasteiger partial charge in [-0.15, -0.1) is 0 Å². The fourth-order valence-corrected chi connectivity index (χ4v) is 3.32. The Morgan fingerprint density at radius 1 is 1.07 bits per heavy atom. The zero-order valence-corrected chi connectivity index (χ0v) is 16.4. The number of fused-ring (bicyclic) bond motifs is 1. The summed E-state index contributed by atoms with van der Waals surface area (Å²) >= 11 is 6.01. The summed E-state index contributed by atoms with van der Waals surface area (Å²) in [7, 11) is 0. The van der Waals surface area contributed by atoms with Crippen molar-refractivity contribution in [2.45, 2.75) is 6.92 Å². The van der Waals surface area contributed by atoms with Crippen molar-refractivity contribution in [3.05, 3.63) is 99.8 Å². The lowest BCUT2D eigenvalue weighted by Crippen LogP contribution is -2.12. The van der Waals surface area contributed by atoms with Crippen molar-refractivity contribution < 1.29 is 19.1 Å². The van der Waals surface area contributed by atoms with Crippen molar-refractivity contribution >= 4 is 29.2 Å². The van der Waals surface area contributed by atoms with Crippen molar-refractivity contribution in [3.63, 3.8) is 0 Å². The van der Waals surface area contributed by atoms with Gasteiger partial charge < -0.3 is 9.47 Å². The predicted octanol–water partition coefficient (Wildman–Crippen LogP) is 5.53. The Kier molecular flexibility index (Phi) is 5.19. The number of ether oxygens (including phenoxy) is 2. The van der Waals surface area contributed by atoms with Crippen LogP contribution in [0, 0.1) is 6.92 Å². The van der Waals surface area contributed by atoms with Crippen LogP contribution in [0.25, 0.3) is 6.08 Å². The average molecular weight is 405 g/mol. The number of halogens is 1. The first-order chi connectivity index (χ1) is 14.0. The highest BCUT2D eigenvalue weighted by Crippen LogP contribution is 2.39. The van der Waals surface area contributed by atoms with Gasteiger partial charge in [0.15, 0.2) is 18.1 Å². The molecule has 1 aliphatic heterocycles. The van der Waals surface area contributed by atoms with Crippen LogP contribution >= 0.6 is 11.6 Å². The van der Waals surface area contributed by atoms with E-state index in [4.69, 9.17) is 21.1 Å². The first-order valence-electron chi connectivity index (χ1n) is 9.07. The van der Waals surface area contributed by atoms with Crippen LogP contribution < -0.4 is 9.47 Å². The molecule has 0 radical (unpaired) electrons. The second kappa shape index (κ2) is 7.94. The topological polar surface area (TPSA) is 52.6 Å². The number of ketones is 2. The molecule has 1 aliphatic rings. The summed E-state index contributed by atoms with van der Waals surface area (Å²) in [6, 6.07) is 19.5. The Morgan fingerprint density at radius 2 is 1.86 bits per heavy atom. The van der Waals surface area contributed by atoms with Crippen LogP contribution in [0.3, 0.4) is 0 Å². The Labute approximate surface area is 173 Å². The highest BCUT2D eigenvalue weighted by atomic mass is 35.5. The van der Waals surface area contributed by atoms with E-state index in [1.807, 2.05) is 18.2 Å². The van der Waals surface area contributed by atoms with Gasteiger partial charge in [0.2, 0.25) is 5.78 Å². The third-order valence-electron chi connectivity index (χ3n) is 4.64. The lowest BCUT2D eigenvalue weighted by Gasteiger charge is -2.11. The molecule has 0 spiro atoms. The summed E-state index contributed by atoms with van der Waals surface area (Å²) in [4.78, 5) is 24.9. The van der Waals surface area contributed by atoms with Crippen LogP contribution in [0.2, 0.25) is 5.02 Å². The number of benzene rings is 3. The Balaban J connectivity index is 1.54. The zero-order chi connectivity index (χ0) is 20.4. The van der Waals surface area contributed by atoms with Gasteiger partial charge in [-0.05, 0) is 42.8 Å². The lowest BCUT2D eigenvalue weighted by molar-refractivity contribution is 0.0920. The number of carbonyl (C=O) groups is 2. The third-order valence-corrected chi connectivity index (χ3v) is 4.87. The smallest absolute Gasteiger partial charge is 0.231 e. The fourth-order valence-electron chi connectivity index (χ4n) is 3.12. The normalized spacial score (nSPS) is 13.9. The van der Waals surface area contributed by atoms with Crippen LogP contribution in [0.1, 0.15) is 31.8 Å².